The van der Waals surface area contributed by atoms with Gasteiger partial charge in [0, 0.05) is 13.1 Å². The molecule has 2 bridgehead atoms. The first-order valence-electron chi connectivity index (χ1n) is 5.34. The highest BCUT2D eigenvalue weighted by atomic mass is 19.1. The lowest BCUT2D eigenvalue weighted by molar-refractivity contribution is -0.134. The fourth-order valence-corrected chi connectivity index (χ4v) is 2.55. The molecule has 0 saturated carbocycles. The number of carbonyl (C=O) groups is 1. The van der Waals surface area contributed by atoms with E-state index in [-0.39, 0.29) is 12.3 Å². The topological polar surface area (TPSA) is 32.3 Å². The Morgan fingerprint density at radius 3 is 2.57 bits per heavy atom. The predicted octanol–water partition coefficient (Wildman–Crippen LogP) is 0.414. The lowest BCUT2D eigenvalue weighted by atomic mass is 9.86. The molecule has 14 heavy (non-hydrogen) atoms. The molecule has 0 spiro atoms. The maximum Gasteiger partial charge on any atom is 0.225 e. The van der Waals surface area contributed by atoms with Crippen LogP contribution in [0.5, 0.6) is 0 Å². The van der Waals surface area contributed by atoms with Crippen LogP contribution in [0.2, 0.25) is 0 Å². The number of hydrogen-bond donors (Lipinski definition) is 1. The molecule has 2 atom stereocenters. The maximum atomic E-state index is 12.0. The van der Waals surface area contributed by atoms with E-state index in [0.717, 1.165) is 26.2 Å². The van der Waals surface area contributed by atoms with Crippen LogP contribution in [0.3, 0.4) is 0 Å². The second-order valence-corrected chi connectivity index (χ2v) is 4.36. The molecule has 0 aromatic heterocycles. The Balaban J connectivity index is 1.91. The summed E-state index contributed by atoms with van der Waals surface area (Å²) >= 11 is 0. The van der Waals surface area contributed by atoms with E-state index in [1.54, 1.807) is 0 Å². The highest BCUT2D eigenvalue weighted by Crippen LogP contribution is 2.24. The molecular weight excluding hydrogens is 183 g/mol. The molecule has 1 N–H and O–H groups in total. The molecule has 3 nitrogen and oxygen atoms in total. The number of nitrogens with one attached hydrogen (secondary N) is 1. The molecule has 1 amide bonds. The Morgan fingerprint density at radius 1 is 1.36 bits per heavy atom. The van der Waals surface area contributed by atoms with E-state index in [2.05, 4.69) is 5.32 Å². The number of likely N-dealkylation sites (tertiary alicyclic amines) is 1. The summed E-state index contributed by atoms with van der Waals surface area (Å²) in [5.41, 5.74) is 0. The minimum atomic E-state index is -0.525. The second kappa shape index (κ2) is 4.26. The maximum absolute atomic E-state index is 12.0. The number of carbonyl (C=O) groups excluding carboxylic acids is 1. The van der Waals surface area contributed by atoms with Gasteiger partial charge in [-0.25, -0.2) is 0 Å². The molecule has 2 aliphatic heterocycles. The number of alkyl halides is 1. The first-order chi connectivity index (χ1) is 6.79. The van der Waals surface area contributed by atoms with E-state index in [9.17, 15) is 9.18 Å². The van der Waals surface area contributed by atoms with E-state index in [1.165, 1.54) is 6.42 Å². The van der Waals surface area contributed by atoms with Crippen LogP contribution in [0.25, 0.3) is 0 Å². The van der Waals surface area contributed by atoms with Gasteiger partial charge in [-0.2, -0.15) is 0 Å². The van der Waals surface area contributed by atoms with Crippen molar-refractivity contribution in [3.05, 3.63) is 0 Å². The van der Waals surface area contributed by atoms with Crippen LogP contribution in [0.4, 0.5) is 4.39 Å². The standard InChI is InChI=1S/C10H17FN2O/c11-2-1-10(14)13-6-8-3-9(7-13)5-12-4-8/h8-9,12H,1-7H2. The van der Waals surface area contributed by atoms with E-state index in [1.807, 2.05) is 4.90 Å². The average Bonchev–Trinajstić information content (AvgIpc) is 2.17. The molecule has 2 rings (SSSR count). The minimum absolute atomic E-state index is 0.0101. The average molecular weight is 200 g/mol. The van der Waals surface area contributed by atoms with Gasteiger partial charge in [-0.1, -0.05) is 0 Å². The SMILES string of the molecule is O=C(CCF)N1CC2CNCC(C2)C1. The summed E-state index contributed by atoms with van der Waals surface area (Å²) < 4.78 is 12.0. The third-order valence-corrected chi connectivity index (χ3v) is 3.15. The molecule has 0 radical (unpaired) electrons. The van der Waals surface area contributed by atoms with Crippen molar-refractivity contribution in [2.75, 3.05) is 32.9 Å². The van der Waals surface area contributed by atoms with Crippen LogP contribution in [0.1, 0.15) is 12.8 Å². The van der Waals surface area contributed by atoms with Gasteiger partial charge < -0.3 is 10.2 Å². The molecule has 2 unspecified atom stereocenters. The van der Waals surface area contributed by atoms with Gasteiger partial charge in [-0.3, -0.25) is 9.18 Å². The summed E-state index contributed by atoms with van der Waals surface area (Å²) in [7, 11) is 0. The van der Waals surface area contributed by atoms with Gasteiger partial charge >= 0.3 is 0 Å². The molecule has 80 valence electrons. The fourth-order valence-electron chi connectivity index (χ4n) is 2.55. The van der Waals surface area contributed by atoms with Crippen molar-refractivity contribution in [1.29, 1.82) is 0 Å². The largest absolute Gasteiger partial charge is 0.342 e. The number of fused-ring (bicyclic) bond motifs is 2. The highest BCUT2D eigenvalue weighted by molar-refractivity contribution is 5.76. The molecule has 2 heterocycles. The Bertz CT molecular complexity index is 210. The zero-order valence-electron chi connectivity index (χ0n) is 8.34. The summed E-state index contributed by atoms with van der Waals surface area (Å²) in [4.78, 5) is 13.3. The third kappa shape index (κ3) is 2.05. The molecule has 4 heteroatoms. The van der Waals surface area contributed by atoms with Crippen molar-refractivity contribution in [2.24, 2.45) is 11.8 Å². The van der Waals surface area contributed by atoms with Crippen molar-refractivity contribution in [3.63, 3.8) is 0 Å². The Labute approximate surface area is 83.6 Å². The molecule has 0 aromatic carbocycles. The highest BCUT2D eigenvalue weighted by Gasteiger charge is 2.32. The summed E-state index contributed by atoms with van der Waals surface area (Å²) in [5, 5.41) is 3.37. The fraction of sp³-hybridized carbons (Fsp3) is 0.900. The number of hydrogen-bond acceptors (Lipinski definition) is 2. The third-order valence-electron chi connectivity index (χ3n) is 3.15. The van der Waals surface area contributed by atoms with Crippen molar-refractivity contribution < 1.29 is 9.18 Å². The van der Waals surface area contributed by atoms with E-state index < -0.39 is 6.67 Å². The first kappa shape index (κ1) is 9.90. The van der Waals surface area contributed by atoms with Gasteiger partial charge in [0.15, 0.2) is 0 Å². The first-order valence-corrected chi connectivity index (χ1v) is 5.34. The summed E-state index contributed by atoms with van der Waals surface area (Å²) in [6.45, 7) is 3.14. The zero-order valence-corrected chi connectivity index (χ0v) is 8.34. The number of piperidine rings is 2. The van der Waals surface area contributed by atoms with Crippen LogP contribution < -0.4 is 5.32 Å². The van der Waals surface area contributed by atoms with Crippen molar-refractivity contribution >= 4 is 5.91 Å². The predicted molar refractivity (Wildman–Crippen MR) is 51.6 cm³/mol. The van der Waals surface area contributed by atoms with Gasteiger partial charge in [-0.15, -0.1) is 0 Å². The Hall–Kier alpha value is -0.640. The van der Waals surface area contributed by atoms with Crippen LogP contribution in [0.15, 0.2) is 0 Å². The van der Waals surface area contributed by atoms with Crippen LogP contribution in [-0.2, 0) is 4.79 Å². The number of nitrogens with zero attached hydrogens (tertiary/aromatic N) is 1. The minimum Gasteiger partial charge on any atom is -0.342 e. The lowest BCUT2D eigenvalue weighted by Crippen LogP contribution is -2.52. The summed E-state index contributed by atoms with van der Waals surface area (Å²) in [6, 6.07) is 0. The smallest absolute Gasteiger partial charge is 0.225 e. The summed E-state index contributed by atoms with van der Waals surface area (Å²) in [6.07, 6.45) is 1.29. The Morgan fingerprint density at radius 2 is 2.00 bits per heavy atom. The zero-order chi connectivity index (χ0) is 9.97. The van der Waals surface area contributed by atoms with Crippen molar-refractivity contribution in [3.8, 4) is 0 Å². The van der Waals surface area contributed by atoms with Crippen molar-refractivity contribution in [2.45, 2.75) is 12.8 Å². The van der Waals surface area contributed by atoms with Gasteiger partial charge in [0.05, 0.1) is 13.1 Å². The molecule has 0 aromatic rings. The summed E-state index contributed by atoms with van der Waals surface area (Å²) in [5.74, 6) is 1.17. The monoisotopic (exact) mass is 200 g/mol. The van der Waals surface area contributed by atoms with Gasteiger partial charge in [0.25, 0.3) is 0 Å². The molecular formula is C10H17FN2O. The van der Waals surface area contributed by atoms with Gasteiger partial charge in [0.2, 0.25) is 5.91 Å². The van der Waals surface area contributed by atoms with Crippen molar-refractivity contribution in [1.82, 2.24) is 10.2 Å². The van der Waals surface area contributed by atoms with E-state index >= 15 is 0 Å². The molecule has 2 saturated heterocycles. The Kier molecular flexibility index (Phi) is 3.01. The van der Waals surface area contributed by atoms with Gasteiger partial charge in [-0.05, 0) is 31.3 Å². The second-order valence-electron chi connectivity index (χ2n) is 4.36. The number of amides is 1. The molecule has 0 aliphatic carbocycles. The van der Waals surface area contributed by atoms with Gasteiger partial charge in [0.1, 0.15) is 0 Å². The number of halogens is 1. The van der Waals surface area contributed by atoms with E-state index in [4.69, 9.17) is 0 Å². The quantitative estimate of drug-likeness (QED) is 0.700. The molecule has 2 aliphatic rings. The molecule has 2 fully saturated rings. The number of rotatable bonds is 2. The normalized spacial score (nSPS) is 31.6. The van der Waals surface area contributed by atoms with Crippen LogP contribution >= 0.6 is 0 Å². The lowest BCUT2D eigenvalue weighted by Gasteiger charge is -2.41. The van der Waals surface area contributed by atoms with E-state index in [0.29, 0.717) is 11.8 Å². The van der Waals surface area contributed by atoms with Crippen LogP contribution in [-0.4, -0.2) is 43.7 Å². The van der Waals surface area contributed by atoms with Crippen LogP contribution in [0, 0.1) is 11.8 Å².